The molecule has 1 aliphatic heterocycles. The minimum atomic E-state index is -0.0208. The normalized spacial score (nSPS) is 22.4. The maximum Gasteiger partial charge on any atom is 0.263 e. The number of carbonyl (C=O) groups is 1. The predicted octanol–water partition coefficient (Wildman–Crippen LogP) is 2.90. The van der Waals surface area contributed by atoms with E-state index in [1.54, 1.807) is 11.3 Å². The first kappa shape index (κ1) is 15.0. The van der Waals surface area contributed by atoms with Crippen LogP contribution in [0.2, 0.25) is 0 Å². The highest BCUT2D eigenvalue weighted by Crippen LogP contribution is 2.52. The maximum atomic E-state index is 12.2. The summed E-state index contributed by atoms with van der Waals surface area (Å²) in [5.41, 5.74) is 8.32. The lowest BCUT2D eigenvalue weighted by Gasteiger charge is -2.32. The molecule has 21 heavy (non-hydrogen) atoms. The van der Waals surface area contributed by atoms with E-state index in [9.17, 15) is 4.79 Å². The molecule has 0 bridgehead atoms. The molecule has 2 aliphatic rings. The van der Waals surface area contributed by atoms with Gasteiger partial charge in [-0.25, -0.2) is 0 Å². The Morgan fingerprint density at radius 3 is 2.86 bits per heavy atom. The molecule has 1 saturated carbocycles. The van der Waals surface area contributed by atoms with Crippen molar-refractivity contribution < 1.29 is 4.79 Å². The molecule has 4 nitrogen and oxygen atoms in total. The fourth-order valence-corrected chi connectivity index (χ4v) is 5.13. The first-order valence-corrected chi connectivity index (χ1v) is 9.55. The Labute approximate surface area is 134 Å². The molecule has 0 aromatic carbocycles. The number of nitrogens with zero attached hydrogens (tertiary/aromatic N) is 1. The highest BCUT2D eigenvalue weighted by atomic mass is 32.2. The number of carbonyl (C=O) groups excluding carboxylic acids is 1. The number of rotatable bonds is 4. The molecule has 0 spiro atoms. The van der Waals surface area contributed by atoms with Gasteiger partial charge in [-0.15, -0.1) is 11.3 Å². The van der Waals surface area contributed by atoms with Crippen LogP contribution < -0.4 is 16.0 Å². The lowest BCUT2D eigenvalue weighted by atomic mass is 10.1. The second-order valence-corrected chi connectivity index (χ2v) is 8.37. The van der Waals surface area contributed by atoms with Crippen molar-refractivity contribution in [3.05, 3.63) is 10.4 Å². The topological polar surface area (TPSA) is 58.4 Å². The summed E-state index contributed by atoms with van der Waals surface area (Å²) >= 11 is 3.61. The lowest BCUT2D eigenvalue weighted by Crippen LogP contribution is -2.36. The van der Waals surface area contributed by atoms with Crippen molar-refractivity contribution in [2.24, 2.45) is 0 Å². The number of anilines is 2. The van der Waals surface area contributed by atoms with E-state index in [-0.39, 0.29) is 5.91 Å². The molecule has 1 amide bonds. The molecule has 1 aliphatic carbocycles. The molecule has 1 unspecified atom stereocenters. The highest BCUT2D eigenvalue weighted by Gasteiger charge is 2.35. The second kappa shape index (κ2) is 6.08. The molecule has 3 rings (SSSR count). The molecule has 3 N–H and O–H groups in total. The van der Waals surface area contributed by atoms with Crippen molar-refractivity contribution in [3.8, 4) is 0 Å². The van der Waals surface area contributed by atoms with Crippen LogP contribution in [0, 0.1) is 0 Å². The van der Waals surface area contributed by atoms with E-state index in [2.05, 4.69) is 17.1 Å². The Balaban J connectivity index is 1.94. The first-order chi connectivity index (χ1) is 10.1. The molecular formula is C15H23N3OS2. The number of amides is 1. The summed E-state index contributed by atoms with van der Waals surface area (Å²) in [6.07, 6.45) is 2.42. The number of nitrogen functional groups attached to an aromatic ring is 1. The summed E-state index contributed by atoms with van der Waals surface area (Å²) in [6, 6.07) is 0. The summed E-state index contributed by atoms with van der Waals surface area (Å²) in [6.45, 7) is 6.97. The van der Waals surface area contributed by atoms with Crippen LogP contribution in [-0.4, -0.2) is 36.5 Å². The van der Waals surface area contributed by atoms with Gasteiger partial charge in [-0.3, -0.25) is 4.79 Å². The fraction of sp³-hybridized carbons (Fsp3) is 0.667. The monoisotopic (exact) mass is 325 g/mol. The number of hydrogen-bond acceptors (Lipinski definition) is 5. The lowest BCUT2D eigenvalue weighted by molar-refractivity contribution is 0.0960. The molecule has 1 atom stereocenters. The van der Waals surface area contributed by atoms with Crippen molar-refractivity contribution in [1.29, 1.82) is 0 Å². The average molecular weight is 326 g/mol. The van der Waals surface area contributed by atoms with Crippen LogP contribution >= 0.6 is 23.1 Å². The van der Waals surface area contributed by atoms with E-state index < -0.39 is 0 Å². The van der Waals surface area contributed by atoms with Crippen LogP contribution in [0.4, 0.5) is 10.7 Å². The van der Waals surface area contributed by atoms with Crippen LogP contribution in [-0.2, 0) is 0 Å². The maximum absolute atomic E-state index is 12.2. The third kappa shape index (κ3) is 3.01. The Hall–Kier alpha value is -0.880. The fourth-order valence-electron chi connectivity index (χ4n) is 2.86. The van der Waals surface area contributed by atoms with E-state index in [4.69, 9.17) is 5.73 Å². The van der Waals surface area contributed by atoms with Crippen molar-refractivity contribution in [3.63, 3.8) is 0 Å². The van der Waals surface area contributed by atoms with Crippen LogP contribution in [0.1, 0.15) is 47.8 Å². The number of nitrogens with one attached hydrogen (secondary N) is 1. The molecule has 1 aromatic heterocycles. The molecule has 2 heterocycles. The van der Waals surface area contributed by atoms with Gasteiger partial charge in [-0.1, -0.05) is 6.92 Å². The van der Waals surface area contributed by atoms with Crippen LogP contribution in [0.5, 0.6) is 0 Å². The Morgan fingerprint density at radius 2 is 2.24 bits per heavy atom. The summed E-state index contributed by atoms with van der Waals surface area (Å²) in [5.74, 6) is 1.71. The Kier molecular flexibility index (Phi) is 4.36. The van der Waals surface area contributed by atoms with Gasteiger partial charge < -0.3 is 16.0 Å². The average Bonchev–Trinajstić information content (AvgIpc) is 3.22. The Bertz CT molecular complexity index is 539. The SMILES string of the molecule is CCNC(=O)c1sc(N2CCSC(C)C2)c(C2CC2)c1N. The number of nitrogens with two attached hydrogens (primary N) is 1. The number of thioether (sulfide) groups is 1. The predicted molar refractivity (Wildman–Crippen MR) is 92.8 cm³/mol. The first-order valence-electron chi connectivity index (χ1n) is 7.68. The van der Waals surface area contributed by atoms with Crippen molar-refractivity contribution in [2.75, 3.05) is 36.0 Å². The minimum absolute atomic E-state index is 0.0208. The zero-order valence-electron chi connectivity index (χ0n) is 12.6. The quantitative estimate of drug-likeness (QED) is 0.894. The van der Waals surface area contributed by atoms with Gasteiger partial charge in [-0.2, -0.15) is 11.8 Å². The van der Waals surface area contributed by atoms with E-state index in [0.29, 0.717) is 22.6 Å². The number of thiophene rings is 1. The zero-order valence-corrected chi connectivity index (χ0v) is 14.3. The van der Waals surface area contributed by atoms with Gasteiger partial charge in [0.2, 0.25) is 0 Å². The van der Waals surface area contributed by atoms with E-state index in [0.717, 1.165) is 24.5 Å². The van der Waals surface area contributed by atoms with Crippen molar-refractivity contribution in [2.45, 2.75) is 37.9 Å². The number of hydrogen-bond donors (Lipinski definition) is 2. The molecule has 6 heteroatoms. The van der Waals surface area contributed by atoms with Crippen molar-refractivity contribution >= 4 is 39.7 Å². The molecular weight excluding hydrogens is 302 g/mol. The molecule has 116 valence electrons. The van der Waals surface area contributed by atoms with Crippen LogP contribution in [0.15, 0.2) is 0 Å². The van der Waals surface area contributed by atoms with Gasteiger partial charge in [0.25, 0.3) is 5.91 Å². The highest BCUT2D eigenvalue weighted by molar-refractivity contribution is 8.00. The standard InChI is InChI=1S/C15H23N3OS2/c1-3-17-14(19)13-12(16)11(10-4-5-10)15(21-13)18-6-7-20-9(2)8-18/h9-10H,3-8,16H2,1-2H3,(H,17,19). The van der Waals surface area contributed by atoms with Crippen LogP contribution in [0.25, 0.3) is 0 Å². The van der Waals surface area contributed by atoms with Crippen molar-refractivity contribution in [1.82, 2.24) is 5.32 Å². The summed E-state index contributed by atoms with van der Waals surface area (Å²) in [7, 11) is 0. The zero-order chi connectivity index (χ0) is 15.0. The van der Waals surface area contributed by atoms with E-state index in [1.807, 2.05) is 18.7 Å². The summed E-state index contributed by atoms with van der Waals surface area (Å²) < 4.78 is 0. The molecule has 1 saturated heterocycles. The van der Waals surface area contributed by atoms with E-state index >= 15 is 0 Å². The molecule has 1 aromatic rings. The van der Waals surface area contributed by atoms with E-state index in [1.165, 1.54) is 23.4 Å². The van der Waals surface area contributed by atoms with Gasteiger partial charge in [0.05, 0.1) is 10.7 Å². The van der Waals surface area contributed by atoms with Gasteiger partial charge in [0, 0.05) is 36.2 Å². The van der Waals surface area contributed by atoms with Crippen LogP contribution in [0.3, 0.4) is 0 Å². The minimum Gasteiger partial charge on any atom is -0.397 e. The summed E-state index contributed by atoms with van der Waals surface area (Å²) in [4.78, 5) is 15.4. The molecule has 0 radical (unpaired) electrons. The smallest absolute Gasteiger partial charge is 0.263 e. The van der Waals surface area contributed by atoms with Gasteiger partial charge >= 0.3 is 0 Å². The van der Waals surface area contributed by atoms with Gasteiger partial charge in [0.15, 0.2) is 0 Å². The second-order valence-electron chi connectivity index (χ2n) is 5.82. The largest absolute Gasteiger partial charge is 0.397 e. The van der Waals surface area contributed by atoms with Gasteiger partial charge in [-0.05, 0) is 25.7 Å². The third-order valence-electron chi connectivity index (χ3n) is 4.02. The Morgan fingerprint density at radius 1 is 1.48 bits per heavy atom. The van der Waals surface area contributed by atoms with Gasteiger partial charge in [0.1, 0.15) is 4.88 Å². The molecule has 2 fully saturated rings. The summed E-state index contributed by atoms with van der Waals surface area (Å²) in [5, 5.41) is 4.78. The third-order valence-corrected chi connectivity index (χ3v) is 6.44.